The molecule has 3 aromatic rings. The maximum Gasteiger partial charge on any atom is 0.275 e. The lowest BCUT2D eigenvalue weighted by Gasteiger charge is -2.04. The highest BCUT2D eigenvalue weighted by Crippen LogP contribution is 2.20. The summed E-state index contributed by atoms with van der Waals surface area (Å²) in [7, 11) is 0. The molecule has 7 heteroatoms. The van der Waals surface area contributed by atoms with E-state index in [2.05, 4.69) is 20.3 Å². The van der Waals surface area contributed by atoms with Crippen molar-refractivity contribution in [1.29, 1.82) is 0 Å². The van der Waals surface area contributed by atoms with Crippen molar-refractivity contribution in [2.24, 2.45) is 0 Å². The van der Waals surface area contributed by atoms with Gasteiger partial charge in [0.1, 0.15) is 16.4 Å². The average Bonchev–Trinajstić information content (AvgIpc) is 2.89. The summed E-state index contributed by atoms with van der Waals surface area (Å²) in [5, 5.41) is 2.89. The number of nitrogens with zero attached hydrogens (tertiary/aromatic N) is 3. The zero-order chi connectivity index (χ0) is 14.8. The van der Waals surface area contributed by atoms with Gasteiger partial charge in [0.05, 0.1) is 12.4 Å². The van der Waals surface area contributed by atoms with Gasteiger partial charge in [-0.3, -0.25) is 9.78 Å². The molecule has 2 aromatic heterocycles. The van der Waals surface area contributed by atoms with E-state index in [4.69, 9.17) is 16.0 Å². The predicted molar refractivity (Wildman–Crippen MR) is 78.4 cm³/mol. The van der Waals surface area contributed by atoms with Crippen LogP contribution >= 0.6 is 11.6 Å². The Bertz CT molecular complexity index is 816. The Labute approximate surface area is 125 Å². The first kappa shape index (κ1) is 13.5. The highest BCUT2D eigenvalue weighted by Gasteiger charge is 2.10. The van der Waals surface area contributed by atoms with Gasteiger partial charge >= 0.3 is 0 Å². The van der Waals surface area contributed by atoms with E-state index in [0.29, 0.717) is 29.1 Å². The summed E-state index contributed by atoms with van der Waals surface area (Å²) in [6, 6.07) is 5.25. The van der Waals surface area contributed by atoms with Crippen molar-refractivity contribution in [3.8, 4) is 0 Å². The van der Waals surface area contributed by atoms with Gasteiger partial charge in [-0.15, -0.1) is 0 Å². The molecular weight excluding hydrogens is 292 g/mol. The van der Waals surface area contributed by atoms with Gasteiger partial charge in [-0.25, -0.2) is 9.97 Å². The van der Waals surface area contributed by atoms with E-state index in [0.717, 1.165) is 0 Å². The van der Waals surface area contributed by atoms with Gasteiger partial charge in [-0.05, 0) is 18.2 Å². The Hall–Kier alpha value is -2.47. The summed E-state index contributed by atoms with van der Waals surface area (Å²) in [4.78, 5) is 24.1. The lowest BCUT2D eigenvalue weighted by molar-refractivity contribution is 0.102. The Morgan fingerprint density at radius 3 is 2.95 bits per heavy atom. The zero-order valence-electron chi connectivity index (χ0n) is 11.1. The first-order valence-electron chi connectivity index (χ1n) is 6.34. The smallest absolute Gasteiger partial charge is 0.275 e. The molecule has 0 aliphatic rings. The standard InChI is InChI=1S/C14H11ClN4O2/c1-2-13-19-9-5-8(3-4-11(9)21-13)17-14(20)10-6-16-7-12(15)18-10/h3-7H,2H2,1H3,(H,17,20). The molecule has 106 valence electrons. The minimum absolute atomic E-state index is 0.150. The number of nitrogens with one attached hydrogen (secondary N) is 1. The van der Waals surface area contributed by atoms with E-state index in [1.807, 2.05) is 6.92 Å². The molecule has 2 heterocycles. The molecule has 21 heavy (non-hydrogen) atoms. The molecule has 0 aliphatic heterocycles. The maximum atomic E-state index is 12.0. The van der Waals surface area contributed by atoms with Crippen LogP contribution in [0.3, 0.4) is 0 Å². The van der Waals surface area contributed by atoms with Gasteiger partial charge < -0.3 is 9.73 Å². The van der Waals surface area contributed by atoms with Crippen LogP contribution in [0.2, 0.25) is 5.15 Å². The second-order valence-electron chi connectivity index (χ2n) is 4.32. The molecule has 0 aliphatic carbocycles. The van der Waals surface area contributed by atoms with Crippen molar-refractivity contribution in [3.05, 3.63) is 47.3 Å². The number of rotatable bonds is 3. The first-order chi connectivity index (χ1) is 10.2. The predicted octanol–water partition coefficient (Wildman–Crippen LogP) is 3.09. The molecule has 0 radical (unpaired) electrons. The number of carbonyl (C=O) groups is 1. The fraction of sp³-hybridized carbons (Fsp3) is 0.143. The largest absolute Gasteiger partial charge is 0.441 e. The highest BCUT2D eigenvalue weighted by molar-refractivity contribution is 6.29. The molecule has 0 spiro atoms. The van der Waals surface area contributed by atoms with Crippen LogP contribution < -0.4 is 5.32 Å². The molecule has 0 unspecified atom stereocenters. The Morgan fingerprint density at radius 1 is 1.33 bits per heavy atom. The Kier molecular flexibility index (Phi) is 3.53. The SMILES string of the molecule is CCc1nc2cc(NC(=O)c3cncc(Cl)n3)ccc2o1. The first-order valence-corrected chi connectivity index (χ1v) is 6.72. The van der Waals surface area contributed by atoms with Gasteiger partial charge in [0.25, 0.3) is 5.91 Å². The molecule has 1 aromatic carbocycles. The van der Waals surface area contributed by atoms with Crippen molar-refractivity contribution in [1.82, 2.24) is 15.0 Å². The van der Waals surface area contributed by atoms with Crippen LogP contribution in [0.5, 0.6) is 0 Å². The van der Waals surface area contributed by atoms with Crippen LogP contribution in [-0.2, 0) is 6.42 Å². The number of benzene rings is 1. The molecule has 1 N–H and O–H groups in total. The van der Waals surface area contributed by atoms with Gasteiger partial charge in [-0.2, -0.15) is 0 Å². The van der Waals surface area contributed by atoms with Crippen LogP contribution in [0.1, 0.15) is 23.3 Å². The number of hydrogen-bond donors (Lipinski definition) is 1. The van der Waals surface area contributed by atoms with Gasteiger partial charge in [0.2, 0.25) is 0 Å². The van der Waals surface area contributed by atoms with Crippen LogP contribution in [0.15, 0.2) is 35.0 Å². The van der Waals surface area contributed by atoms with Gasteiger partial charge in [0.15, 0.2) is 11.5 Å². The van der Waals surface area contributed by atoms with E-state index in [1.165, 1.54) is 12.4 Å². The van der Waals surface area contributed by atoms with E-state index in [-0.39, 0.29) is 16.8 Å². The van der Waals surface area contributed by atoms with Crippen LogP contribution in [0, 0.1) is 0 Å². The van der Waals surface area contributed by atoms with Gasteiger partial charge in [0, 0.05) is 12.1 Å². The van der Waals surface area contributed by atoms with Crippen LogP contribution in [0.4, 0.5) is 5.69 Å². The van der Waals surface area contributed by atoms with Crippen molar-refractivity contribution < 1.29 is 9.21 Å². The van der Waals surface area contributed by atoms with Crippen molar-refractivity contribution >= 4 is 34.3 Å². The molecule has 6 nitrogen and oxygen atoms in total. The summed E-state index contributed by atoms with van der Waals surface area (Å²) < 4.78 is 5.51. The summed E-state index contributed by atoms with van der Waals surface area (Å²) in [6.45, 7) is 1.96. The molecular formula is C14H11ClN4O2. The van der Waals surface area contributed by atoms with Crippen molar-refractivity contribution in [2.75, 3.05) is 5.32 Å². The van der Waals surface area contributed by atoms with Crippen LogP contribution in [-0.4, -0.2) is 20.9 Å². The molecule has 3 rings (SSSR count). The number of hydrogen-bond acceptors (Lipinski definition) is 5. The van der Waals surface area contributed by atoms with E-state index < -0.39 is 0 Å². The molecule has 0 saturated heterocycles. The van der Waals surface area contributed by atoms with E-state index >= 15 is 0 Å². The van der Waals surface area contributed by atoms with Crippen LogP contribution in [0.25, 0.3) is 11.1 Å². The monoisotopic (exact) mass is 302 g/mol. The number of aryl methyl sites for hydroxylation is 1. The zero-order valence-corrected chi connectivity index (χ0v) is 11.9. The maximum absolute atomic E-state index is 12.0. The minimum Gasteiger partial charge on any atom is -0.441 e. The molecule has 1 amide bonds. The lowest BCUT2D eigenvalue weighted by Crippen LogP contribution is -2.14. The quantitative estimate of drug-likeness (QED) is 0.804. The fourth-order valence-electron chi connectivity index (χ4n) is 1.85. The number of amides is 1. The molecule has 0 bridgehead atoms. The third-order valence-corrected chi connectivity index (χ3v) is 3.01. The van der Waals surface area contributed by atoms with Gasteiger partial charge in [-0.1, -0.05) is 18.5 Å². The number of fused-ring (bicyclic) bond motifs is 1. The second-order valence-corrected chi connectivity index (χ2v) is 4.71. The third-order valence-electron chi connectivity index (χ3n) is 2.83. The molecule has 0 atom stereocenters. The normalized spacial score (nSPS) is 10.8. The lowest BCUT2D eigenvalue weighted by atomic mass is 10.2. The van der Waals surface area contributed by atoms with E-state index in [9.17, 15) is 4.79 Å². The number of carbonyl (C=O) groups excluding carboxylic acids is 1. The minimum atomic E-state index is -0.386. The van der Waals surface area contributed by atoms with Crippen molar-refractivity contribution in [2.45, 2.75) is 13.3 Å². The number of oxazole rings is 1. The molecule has 0 saturated carbocycles. The highest BCUT2D eigenvalue weighted by atomic mass is 35.5. The summed E-state index contributed by atoms with van der Waals surface area (Å²) in [5.41, 5.74) is 2.14. The number of anilines is 1. The second kappa shape index (κ2) is 5.49. The topological polar surface area (TPSA) is 80.9 Å². The molecule has 0 fully saturated rings. The summed E-state index contributed by atoms with van der Waals surface area (Å²) in [5.74, 6) is 0.276. The Balaban J connectivity index is 1.85. The number of halogens is 1. The van der Waals surface area contributed by atoms with Crippen molar-refractivity contribution in [3.63, 3.8) is 0 Å². The average molecular weight is 303 g/mol. The van der Waals surface area contributed by atoms with E-state index in [1.54, 1.807) is 18.2 Å². The Morgan fingerprint density at radius 2 is 2.19 bits per heavy atom. The summed E-state index contributed by atoms with van der Waals surface area (Å²) >= 11 is 5.71. The number of aromatic nitrogens is 3. The summed E-state index contributed by atoms with van der Waals surface area (Å²) in [6.07, 6.45) is 3.44. The third kappa shape index (κ3) is 2.85. The fourth-order valence-corrected chi connectivity index (χ4v) is 2.00.